The van der Waals surface area contributed by atoms with E-state index in [9.17, 15) is 0 Å². The summed E-state index contributed by atoms with van der Waals surface area (Å²) in [4.78, 5) is 0. The zero-order chi connectivity index (χ0) is 12.3. The first-order valence-corrected chi connectivity index (χ1v) is 7.15. The van der Waals surface area contributed by atoms with E-state index in [4.69, 9.17) is 16.3 Å². The van der Waals surface area contributed by atoms with Crippen LogP contribution in [0.4, 0.5) is 0 Å². The summed E-state index contributed by atoms with van der Waals surface area (Å²) in [6, 6.07) is 6.52. The molecule has 0 spiro atoms. The van der Waals surface area contributed by atoms with Crippen LogP contribution in [0.15, 0.2) is 22.7 Å². The standard InChI is InChI=1S/C13H17BrClNO/c1-2-16-13(10-5-6-17-8-10)9-3-4-11(14)12(15)7-9/h3-4,7,10,13,16H,2,5-6,8H2,1H3. The van der Waals surface area contributed by atoms with Crippen molar-refractivity contribution in [2.75, 3.05) is 19.8 Å². The average Bonchev–Trinajstić information content (AvgIpc) is 2.83. The topological polar surface area (TPSA) is 21.3 Å². The predicted octanol–water partition coefficient (Wildman–Crippen LogP) is 3.79. The first-order chi connectivity index (χ1) is 8.22. The van der Waals surface area contributed by atoms with Crippen molar-refractivity contribution in [3.63, 3.8) is 0 Å². The zero-order valence-corrected chi connectivity index (χ0v) is 12.2. The highest BCUT2D eigenvalue weighted by atomic mass is 79.9. The van der Waals surface area contributed by atoms with Crippen molar-refractivity contribution < 1.29 is 4.74 Å². The van der Waals surface area contributed by atoms with E-state index >= 15 is 0 Å². The molecule has 1 aliphatic rings. The molecule has 2 nitrogen and oxygen atoms in total. The molecule has 0 amide bonds. The molecule has 0 bridgehead atoms. The predicted molar refractivity (Wildman–Crippen MR) is 74.5 cm³/mol. The van der Waals surface area contributed by atoms with E-state index < -0.39 is 0 Å². The maximum atomic E-state index is 6.16. The molecule has 0 saturated carbocycles. The number of hydrogen-bond acceptors (Lipinski definition) is 2. The van der Waals surface area contributed by atoms with Crippen molar-refractivity contribution in [3.8, 4) is 0 Å². The highest BCUT2D eigenvalue weighted by Gasteiger charge is 2.26. The van der Waals surface area contributed by atoms with Gasteiger partial charge in [0.05, 0.1) is 11.6 Å². The zero-order valence-electron chi connectivity index (χ0n) is 9.88. The van der Waals surface area contributed by atoms with Gasteiger partial charge < -0.3 is 10.1 Å². The molecular weight excluding hydrogens is 302 g/mol. The average molecular weight is 319 g/mol. The molecule has 1 aromatic carbocycles. The summed E-state index contributed by atoms with van der Waals surface area (Å²) in [7, 11) is 0. The Morgan fingerprint density at radius 2 is 2.41 bits per heavy atom. The Bertz CT molecular complexity index is 380. The lowest BCUT2D eigenvalue weighted by Gasteiger charge is -2.24. The second-order valence-electron chi connectivity index (χ2n) is 4.33. The lowest BCUT2D eigenvalue weighted by Crippen LogP contribution is -2.28. The molecule has 1 saturated heterocycles. The van der Waals surface area contributed by atoms with Gasteiger partial charge in [0.25, 0.3) is 0 Å². The fourth-order valence-corrected chi connectivity index (χ4v) is 2.73. The van der Waals surface area contributed by atoms with Crippen LogP contribution in [0.2, 0.25) is 5.02 Å². The highest BCUT2D eigenvalue weighted by Crippen LogP contribution is 2.32. The van der Waals surface area contributed by atoms with Gasteiger partial charge in [-0.3, -0.25) is 0 Å². The second-order valence-corrected chi connectivity index (χ2v) is 5.59. The third-order valence-electron chi connectivity index (χ3n) is 3.16. The molecule has 17 heavy (non-hydrogen) atoms. The summed E-state index contributed by atoms with van der Waals surface area (Å²) in [6.07, 6.45) is 1.12. The monoisotopic (exact) mass is 317 g/mol. The van der Waals surface area contributed by atoms with E-state index in [0.717, 1.165) is 35.7 Å². The highest BCUT2D eigenvalue weighted by molar-refractivity contribution is 9.10. The van der Waals surface area contributed by atoms with Crippen LogP contribution < -0.4 is 5.32 Å². The second kappa shape index (κ2) is 6.19. The van der Waals surface area contributed by atoms with Crippen molar-refractivity contribution in [1.82, 2.24) is 5.32 Å². The van der Waals surface area contributed by atoms with E-state index in [2.05, 4.69) is 34.2 Å². The van der Waals surface area contributed by atoms with Gasteiger partial charge in [-0.25, -0.2) is 0 Å². The largest absolute Gasteiger partial charge is 0.381 e. The number of ether oxygens (including phenoxy) is 1. The Morgan fingerprint density at radius 3 is 3.00 bits per heavy atom. The van der Waals surface area contributed by atoms with Gasteiger partial charge in [-0.1, -0.05) is 24.6 Å². The molecule has 1 heterocycles. The Labute approximate surface area is 116 Å². The molecule has 2 atom stereocenters. The molecule has 1 aromatic rings. The quantitative estimate of drug-likeness (QED) is 0.912. The van der Waals surface area contributed by atoms with Gasteiger partial charge in [-0.05, 0) is 46.6 Å². The summed E-state index contributed by atoms with van der Waals surface area (Å²) in [5.74, 6) is 0.548. The van der Waals surface area contributed by atoms with E-state index in [-0.39, 0.29) is 0 Å². The van der Waals surface area contributed by atoms with Crippen molar-refractivity contribution in [2.24, 2.45) is 5.92 Å². The van der Waals surface area contributed by atoms with Gasteiger partial charge in [0.1, 0.15) is 0 Å². The number of hydrogen-bond donors (Lipinski definition) is 1. The summed E-state index contributed by atoms with van der Waals surface area (Å²) >= 11 is 9.58. The smallest absolute Gasteiger partial charge is 0.0551 e. The molecule has 94 valence electrons. The van der Waals surface area contributed by atoms with Crippen LogP contribution in [0.3, 0.4) is 0 Å². The van der Waals surface area contributed by atoms with E-state index in [1.54, 1.807) is 0 Å². The van der Waals surface area contributed by atoms with Gasteiger partial charge >= 0.3 is 0 Å². The van der Waals surface area contributed by atoms with Crippen LogP contribution in [-0.2, 0) is 4.74 Å². The number of halogens is 2. The minimum absolute atomic E-state index is 0.341. The van der Waals surface area contributed by atoms with Crippen molar-refractivity contribution in [1.29, 1.82) is 0 Å². The summed E-state index contributed by atoms with van der Waals surface area (Å²) in [5, 5.41) is 4.30. The Hall–Kier alpha value is -0.0900. The molecule has 1 fully saturated rings. The molecular formula is C13H17BrClNO. The molecule has 0 aromatic heterocycles. The van der Waals surface area contributed by atoms with E-state index in [1.807, 2.05) is 12.1 Å². The van der Waals surface area contributed by atoms with E-state index in [0.29, 0.717) is 12.0 Å². The summed E-state index contributed by atoms with van der Waals surface area (Å²) in [6.45, 7) is 4.79. The van der Waals surface area contributed by atoms with Gasteiger partial charge in [0.2, 0.25) is 0 Å². The van der Waals surface area contributed by atoms with Crippen molar-refractivity contribution >= 4 is 27.5 Å². The van der Waals surface area contributed by atoms with Gasteiger partial charge in [0, 0.05) is 23.0 Å². The Balaban J connectivity index is 2.21. The maximum absolute atomic E-state index is 6.16. The van der Waals surface area contributed by atoms with Crippen LogP contribution in [-0.4, -0.2) is 19.8 Å². The molecule has 2 unspecified atom stereocenters. The first-order valence-electron chi connectivity index (χ1n) is 5.98. The molecule has 1 N–H and O–H groups in total. The lowest BCUT2D eigenvalue weighted by molar-refractivity contribution is 0.177. The van der Waals surface area contributed by atoms with Crippen LogP contribution >= 0.6 is 27.5 Å². The van der Waals surface area contributed by atoms with Crippen LogP contribution in [0.5, 0.6) is 0 Å². The SMILES string of the molecule is CCNC(c1ccc(Br)c(Cl)c1)C1CCOC1. The third kappa shape index (κ3) is 3.22. The van der Waals surface area contributed by atoms with E-state index in [1.165, 1.54) is 5.56 Å². The van der Waals surface area contributed by atoms with Crippen LogP contribution in [0.25, 0.3) is 0 Å². The summed E-state index contributed by atoms with van der Waals surface area (Å²) < 4.78 is 6.42. The molecule has 0 radical (unpaired) electrons. The third-order valence-corrected chi connectivity index (χ3v) is 4.40. The number of benzene rings is 1. The minimum atomic E-state index is 0.341. The molecule has 1 aliphatic heterocycles. The Kier molecular flexibility index (Phi) is 4.86. The van der Waals surface area contributed by atoms with Crippen LogP contribution in [0.1, 0.15) is 24.9 Å². The van der Waals surface area contributed by atoms with Crippen LogP contribution in [0, 0.1) is 5.92 Å². The van der Waals surface area contributed by atoms with Crippen molar-refractivity contribution in [2.45, 2.75) is 19.4 Å². The minimum Gasteiger partial charge on any atom is -0.381 e. The van der Waals surface area contributed by atoms with Gasteiger partial charge in [-0.2, -0.15) is 0 Å². The number of nitrogens with one attached hydrogen (secondary N) is 1. The fraction of sp³-hybridized carbons (Fsp3) is 0.538. The maximum Gasteiger partial charge on any atom is 0.0551 e. The fourth-order valence-electron chi connectivity index (χ4n) is 2.30. The first kappa shape index (κ1) is 13.3. The number of rotatable bonds is 4. The Morgan fingerprint density at radius 1 is 1.59 bits per heavy atom. The summed E-state index contributed by atoms with van der Waals surface area (Å²) in [5.41, 5.74) is 1.25. The molecule has 0 aliphatic carbocycles. The lowest BCUT2D eigenvalue weighted by atomic mass is 9.92. The van der Waals surface area contributed by atoms with Gasteiger partial charge in [0.15, 0.2) is 0 Å². The van der Waals surface area contributed by atoms with Gasteiger partial charge in [-0.15, -0.1) is 0 Å². The normalized spacial score (nSPS) is 21.7. The van der Waals surface area contributed by atoms with Crippen molar-refractivity contribution in [3.05, 3.63) is 33.3 Å². The molecule has 4 heteroatoms. The molecule has 2 rings (SSSR count).